The molecule has 1 aliphatic carbocycles. The molecule has 1 amide bonds. The molecule has 1 saturated carbocycles. The number of amides is 1. The van der Waals surface area contributed by atoms with Gasteiger partial charge in [0.25, 0.3) is 11.5 Å². The second kappa shape index (κ2) is 14.3. The van der Waals surface area contributed by atoms with Crippen molar-refractivity contribution in [1.29, 1.82) is 0 Å². The van der Waals surface area contributed by atoms with E-state index in [1.165, 1.54) is 5.56 Å². The van der Waals surface area contributed by atoms with Gasteiger partial charge in [-0.2, -0.15) is 0 Å². The van der Waals surface area contributed by atoms with Crippen LogP contribution < -0.4 is 21.5 Å². The fourth-order valence-electron chi connectivity index (χ4n) is 6.42. The molecule has 40 heavy (non-hydrogen) atoms. The summed E-state index contributed by atoms with van der Waals surface area (Å²) in [5.41, 5.74) is 12.4. The summed E-state index contributed by atoms with van der Waals surface area (Å²) in [6.45, 7) is 11.7. The van der Waals surface area contributed by atoms with Crippen LogP contribution in [0.1, 0.15) is 103 Å². The van der Waals surface area contributed by atoms with Crippen LogP contribution in [-0.2, 0) is 6.54 Å². The van der Waals surface area contributed by atoms with Crippen molar-refractivity contribution in [1.82, 2.24) is 15.2 Å². The number of benzene rings is 1. The summed E-state index contributed by atoms with van der Waals surface area (Å²) in [5.74, 6) is 0.863. The number of nitrogens with two attached hydrogens (primary N) is 1. The van der Waals surface area contributed by atoms with E-state index in [-0.39, 0.29) is 18.0 Å². The van der Waals surface area contributed by atoms with Gasteiger partial charge in [0.15, 0.2) is 0 Å². The predicted octanol–water partition coefficient (Wildman–Crippen LogP) is 5.41. The molecule has 7 heteroatoms. The van der Waals surface area contributed by atoms with Gasteiger partial charge in [-0.25, -0.2) is 0 Å². The Labute approximate surface area is 241 Å². The minimum atomic E-state index is -0.142. The van der Waals surface area contributed by atoms with E-state index in [1.54, 1.807) is 0 Å². The van der Waals surface area contributed by atoms with Crippen LogP contribution in [0.25, 0.3) is 0 Å². The Morgan fingerprint density at radius 2 is 1.75 bits per heavy atom. The van der Waals surface area contributed by atoms with E-state index in [2.05, 4.69) is 74.1 Å². The first-order valence-electron chi connectivity index (χ1n) is 15.2. The highest BCUT2D eigenvalue weighted by molar-refractivity contribution is 5.97. The van der Waals surface area contributed by atoms with Crippen LogP contribution in [0.3, 0.4) is 0 Å². The number of aryl methyl sites for hydroxylation is 2. The SMILES string of the molecule is CCC(CCC(C)CN(C)C)c1cc(C(=O)NCc2c(C)cc(C)[nH]c2=O)c(C)c(N(C)C2CCC(N)CC2)c1. The number of rotatable bonds is 12. The average Bonchev–Trinajstić information content (AvgIpc) is 2.88. The molecule has 0 aliphatic heterocycles. The first kappa shape index (κ1) is 31.9. The Kier molecular flexibility index (Phi) is 11.4. The zero-order chi connectivity index (χ0) is 29.6. The molecule has 222 valence electrons. The third-order valence-corrected chi connectivity index (χ3v) is 8.88. The normalized spacial score (nSPS) is 18.9. The summed E-state index contributed by atoms with van der Waals surface area (Å²) in [4.78, 5) is 33.8. The summed E-state index contributed by atoms with van der Waals surface area (Å²) in [5, 5.41) is 3.07. The standard InChI is InChI=1S/C33H53N5O2/c1-9-25(11-10-21(2)20-37(6)7)26-17-29(32(39)35-19-30-22(3)16-23(4)36-33(30)40)24(5)31(18-26)38(8)28-14-12-27(34)13-15-28/h16-18,21,25,27-28H,9-15,19-20,34H2,1-8H3,(H,35,39)(H,36,40). The lowest BCUT2D eigenvalue weighted by atomic mass is 9.85. The number of aromatic nitrogens is 1. The maximum absolute atomic E-state index is 13.7. The van der Waals surface area contributed by atoms with Crippen LogP contribution in [0.15, 0.2) is 23.0 Å². The van der Waals surface area contributed by atoms with Gasteiger partial charge < -0.3 is 25.8 Å². The molecule has 3 rings (SSSR count). The first-order chi connectivity index (χ1) is 18.9. The molecule has 2 aromatic rings. The lowest BCUT2D eigenvalue weighted by Gasteiger charge is -2.36. The van der Waals surface area contributed by atoms with Gasteiger partial charge >= 0.3 is 0 Å². The minimum Gasteiger partial charge on any atom is -0.371 e. The van der Waals surface area contributed by atoms with Gasteiger partial charge in [-0.1, -0.05) is 13.8 Å². The quantitative estimate of drug-likeness (QED) is 0.328. The molecule has 1 fully saturated rings. The molecule has 2 unspecified atom stereocenters. The summed E-state index contributed by atoms with van der Waals surface area (Å²) in [6, 6.07) is 7.09. The fourth-order valence-corrected chi connectivity index (χ4v) is 6.42. The molecule has 4 N–H and O–H groups in total. The zero-order valence-electron chi connectivity index (χ0n) is 26.2. The number of pyridine rings is 1. The molecule has 1 aliphatic rings. The Morgan fingerprint density at radius 3 is 2.35 bits per heavy atom. The summed E-state index contributed by atoms with van der Waals surface area (Å²) >= 11 is 0. The molecule has 1 heterocycles. The molecule has 7 nitrogen and oxygen atoms in total. The Balaban J connectivity index is 1.93. The third-order valence-electron chi connectivity index (χ3n) is 8.88. The highest BCUT2D eigenvalue weighted by Crippen LogP contribution is 2.35. The number of nitrogens with zero attached hydrogens (tertiary/aromatic N) is 2. The highest BCUT2D eigenvalue weighted by Gasteiger charge is 2.26. The molecule has 0 bridgehead atoms. The minimum absolute atomic E-state index is 0.130. The maximum Gasteiger partial charge on any atom is 0.253 e. The lowest BCUT2D eigenvalue weighted by molar-refractivity contribution is 0.0950. The molecular weight excluding hydrogens is 498 g/mol. The van der Waals surface area contributed by atoms with E-state index in [4.69, 9.17) is 5.73 Å². The van der Waals surface area contributed by atoms with Crippen LogP contribution in [0.2, 0.25) is 0 Å². The number of anilines is 1. The third kappa shape index (κ3) is 8.20. The van der Waals surface area contributed by atoms with Gasteiger partial charge in [-0.05, 0) is 127 Å². The van der Waals surface area contributed by atoms with Gasteiger partial charge in [0.1, 0.15) is 0 Å². The molecule has 0 radical (unpaired) electrons. The van der Waals surface area contributed by atoms with E-state index in [1.807, 2.05) is 19.9 Å². The Hall–Kier alpha value is -2.64. The van der Waals surface area contributed by atoms with E-state index in [0.717, 1.165) is 74.0 Å². The predicted molar refractivity (Wildman–Crippen MR) is 168 cm³/mol. The molecule has 1 aromatic carbocycles. The van der Waals surface area contributed by atoms with Crippen molar-refractivity contribution >= 4 is 11.6 Å². The van der Waals surface area contributed by atoms with Gasteiger partial charge in [-0.15, -0.1) is 0 Å². The highest BCUT2D eigenvalue weighted by atomic mass is 16.1. The number of carbonyl (C=O) groups is 1. The van der Waals surface area contributed by atoms with Crippen LogP contribution >= 0.6 is 0 Å². The smallest absolute Gasteiger partial charge is 0.253 e. The first-order valence-corrected chi connectivity index (χ1v) is 15.2. The van der Waals surface area contributed by atoms with Gasteiger partial charge in [0.2, 0.25) is 0 Å². The zero-order valence-corrected chi connectivity index (χ0v) is 26.2. The molecule has 1 aromatic heterocycles. The Bertz CT molecular complexity index is 1200. The van der Waals surface area contributed by atoms with E-state index in [0.29, 0.717) is 35.0 Å². The van der Waals surface area contributed by atoms with Crippen molar-refractivity contribution < 1.29 is 4.79 Å². The van der Waals surface area contributed by atoms with Crippen LogP contribution in [0.4, 0.5) is 5.69 Å². The summed E-state index contributed by atoms with van der Waals surface area (Å²) in [6.07, 6.45) is 7.47. The number of aromatic amines is 1. The van der Waals surface area contributed by atoms with Crippen LogP contribution in [-0.4, -0.2) is 55.6 Å². The van der Waals surface area contributed by atoms with Gasteiger partial charge in [0, 0.05) is 54.7 Å². The van der Waals surface area contributed by atoms with Crippen molar-refractivity contribution in [3.63, 3.8) is 0 Å². The number of hydrogen-bond donors (Lipinski definition) is 3. The number of H-pyrrole nitrogens is 1. The number of carbonyl (C=O) groups excluding carboxylic acids is 1. The van der Waals surface area contributed by atoms with Crippen molar-refractivity contribution in [2.24, 2.45) is 11.7 Å². The summed E-state index contributed by atoms with van der Waals surface area (Å²) in [7, 11) is 6.43. The largest absolute Gasteiger partial charge is 0.371 e. The molecule has 0 saturated heterocycles. The van der Waals surface area contributed by atoms with E-state index in [9.17, 15) is 9.59 Å². The monoisotopic (exact) mass is 551 g/mol. The lowest BCUT2D eigenvalue weighted by Crippen LogP contribution is -2.39. The van der Waals surface area contributed by atoms with Gasteiger partial charge in [0.05, 0.1) is 0 Å². The average molecular weight is 552 g/mol. The van der Waals surface area contributed by atoms with Crippen molar-refractivity contribution in [3.05, 3.63) is 62.1 Å². The molecular formula is C33H53N5O2. The second-order valence-corrected chi connectivity index (χ2v) is 12.6. The Morgan fingerprint density at radius 1 is 1.07 bits per heavy atom. The van der Waals surface area contributed by atoms with Crippen LogP contribution in [0, 0.1) is 26.7 Å². The second-order valence-electron chi connectivity index (χ2n) is 12.6. The molecule has 0 spiro atoms. The number of nitrogens with one attached hydrogen (secondary N) is 2. The van der Waals surface area contributed by atoms with E-state index < -0.39 is 0 Å². The van der Waals surface area contributed by atoms with E-state index >= 15 is 0 Å². The fraction of sp³-hybridized carbons (Fsp3) is 0.636. The van der Waals surface area contributed by atoms with Crippen LogP contribution in [0.5, 0.6) is 0 Å². The molecule has 2 atom stereocenters. The maximum atomic E-state index is 13.7. The van der Waals surface area contributed by atoms with Crippen molar-refractivity contribution in [3.8, 4) is 0 Å². The van der Waals surface area contributed by atoms with Gasteiger partial charge in [-0.3, -0.25) is 9.59 Å². The topological polar surface area (TPSA) is 94.5 Å². The summed E-state index contributed by atoms with van der Waals surface area (Å²) < 4.78 is 0. The van der Waals surface area contributed by atoms with Crippen molar-refractivity contribution in [2.45, 2.75) is 104 Å². The number of hydrogen-bond acceptors (Lipinski definition) is 5. The van der Waals surface area contributed by atoms with Crippen molar-refractivity contribution in [2.75, 3.05) is 32.6 Å².